The minimum absolute atomic E-state index is 0.178. The summed E-state index contributed by atoms with van der Waals surface area (Å²) < 4.78 is 27.4. The second-order valence-corrected chi connectivity index (χ2v) is 8.49. The number of nitrogens with one attached hydrogen (secondary N) is 1. The van der Waals surface area contributed by atoms with E-state index in [0.717, 1.165) is 31.3 Å². The summed E-state index contributed by atoms with van der Waals surface area (Å²) in [5.41, 5.74) is 1.45. The van der Waals surface area contributed by atoms with Crippen molar-refractivity contribution in [2.45, 2.75) is 56.0 Å². The number of amides is 1. The lowest BCUT2D eigenvalue weighted by atomic mass is 10.0. The number of benzene rings is 1. The van der Waals surface area contributed by atoms with E-state index in [4.69, 9.17) is 0 Å². The van der Waals surface area contributed by atoms with Crippen molar-refractivity contribution in [2.24, 2.45) is 0 Å². The third-order valence-electron chi connectivity index (χ3n) is 5.00. The first-order valence-electron chi connectivity index (χ1n) is 8.50. The summed E-state index contributed by atoms with van der Waals surface area (Å²) >= 11 is 0. The van der Waals surface area contributed by atoms with Crippen LogP contribution in [0.15, 0.2) is 35.7 Å². The van der Waals surface area contributed by atoms with Crippen LogP contribution >= 0.6 is 0 Å². The lowest BCUT2D eigenvalue weighted by molar-refractivity contribution is -0.125. The molecule has 0 saturated heterocycles. The molecule has 3 rings (SSSR count). The van der Waals surface area contributed by atoms with Gasteiger partial charge in [-0.15, -0.1) is 0 Å². The first-order chi connectivity index (χ1) is 11.4. The van der Waals surface area contributed by atoms with Crippen molar-refractivity contribution in [3.8, 4) is 0 Å². The molecule has 5 nitrogen and oxygen atoms in total. The summed E-state index contributed by atoms with van der Waals surface area (Å²) in [5, 5.41) is 3.00. The largest absolute Gasteiger partial charge is 0.352 e. The summed E-state index contributed by atoms with van der Waals surface area (Å²) in [4.78, 5) is 12.8. The predicted octanol–water partition coefficient (Wildman–Crippen LogP) is 2.54. The average Bonchev–Trinajstić information content (AvgIpc) is 3.04. The topological polar surface area (TPSA) is 66.5 Å². The molecule has 1 saturated carbocycles. The maximum atomic E-state index is 13.1. The standard InChI is InChI=1S/C18H24N2O3S/c1-13-11-12-20(14(2)18(21)19-15-7-3-4-8-15)24(22,23)17-10-6-5-9-16(13)17/h5-6,9-10,14-15H,1,3-4,7-8,11-12H2,2H3,(H,19,21)/t14-/m0/s1. The molecular formula is C18H24N2O3S. The van der Waals surface area contributed by atoms with E-state index in [2.05, 4.69) is 11.9 Å². The molecule has 1 aliphatic carbocycles. The highest BCUT2D eigenvalue weighted by Gasteiger charge is 2.37. The van der Waals surface area contributed by atoms with Gasteiger partial charge in [0.1, 0.15) is 6.04 Å². The number of rotatable bonds is 3. The number of hydrogen-bond acceptors (Lipinski definition) is 3. The quantitative estimate of drug-likeness (QED) is 0.913. The van der Waals surface area contributed by atoms with E-state index >= 15 is 0 Å². The average molecular weight is 348 g/mol. The Balaban J connectivity index is 1.87. The molecule has 0 unspecified atom stereocenters. The van der Waals surface area contributed by atoms with Gasteiger partial charge in [0.15, 0.2) is 0 Å². The van der Waals surface area contributed by atoms with Crippen molar-refractivity contribution in [3.63, 3.8) is 0 Å². The number of sulfonamides is 1. The van der Waals surface area contributed by atoms with Gasteiger partial charge in [0.25, 0.3) is 0 Å². The Bertz CT molecular complexity index is 751. The van der Waals surface area contributed by atoms with Crippen molar-refractivity contribution >= 4 is 21.5 Å². The van der Waals surface area contributed by atoms with Crippen LogP contribution in [-0.2, 0) is 14.8 Å². The van der Waals surface area contributed by atoms with E-state index in [1.807, 2.05) is 6.07 Å². The molecule has 6 heteroatoms. The van der Waals surface area contributed by atoms with Crippen LogP contribution in [-0.4, -0.2) is 37.3 Å². The van der Waals surface area contributed by atoms with Gasteiger partial charge in [0, 0.05) is 12.6 Å². The van der Waals surface area contributed by atoms with Crippen LogP contribution in [0.2, 0.25) is 0 Å². The predicted molar refractivity (Wildman–Crippen MR) is 93.8 cm³/mol. The highest BCUT2D eigenvalue weighted by Crippen LogP contribution is 2.32. The zero-order valence-corrected chi connectivity index (χ0v) is 14.8. The Labute approximate surface area is 143 Å². The lowest BCUT2D eigenvalue weighted by Crippen LogP contribution is -2.49. The molecule has 1 fully saturated rings. The highest BCUT2D eigenvalue weighted by atomic mass is 32.2. The molecule has 1 aromatic rings. The van der Waals surface area contributed by atoms with Gasteiger partial charge in [0.05, 0.1) is 4.90 Å². The molecule has 1 amide bonds. The number of nitrogens with zero attached hydrogens (tertiary/aromatic N) is 1. The molecule has 130 valence electrons. The molecule has 1 aromatic carbocycles. The van der Waals surface area contributed by atoms with Crippen LogP contribution in [0.25, 0.3) is 5.57 Å². The summed E-state index contributed by atoms with van der Waals surface area (Å²) in [6.45, 7) is 5.95. The fraction of sp³-hybridized carbons (Fsp3) is 0.500. The summed E-state index contributed by atoms with van der Waals surface area (Å²) in [7, 11) is -3.72. The number of carbonyl (C=O) groups is 1. The molecular weight excluding hydrogens is 324 g/mol. The van der Waals surface area contributed by atoms with Crippen molar-refractivity contribution in [2.75, 3.05) is 6.54 Å². The van der Waals surface area contributed by atoms with Gasteiger partial charge in [-0.05, 0) is 43.4 Å². The van der Waals surface area contributed by atoms with Gasteiger partial charge in [-0.2, -0.15) is 4.31 Å². The fourth-order valence-electron chi connectivity index (χ4n) is 3.53. The molecule has 1 heterocycles. The van der Waals surface area contributed by atoms with E-state index in [9.17, 15) is 13.2 Å². The van der Waals surface area contributed by atoms with Crippen LogP contribution in [0.3, 0.4) is 0 Å². The molecule has 1 N–H and O–H groups in total. The maximum absolute atomic E-state index is 13.1. The van der Waals surface area contributed by atoms with Crippen LogP contribution in [0.4, 0.5) is 0 Å². The zero-order chi connectivity index (χ0) is 17.3. The van der Waals surface area contributed by atoms with E-state index in [0.29, 0.717) is 12.0 Å². The third kappa shape index (κ3) is 3.13. The molecule has 0 aromatic heterocycles. The lowest BCUT2D eigenvalue weighted by Gasteiger charge is -2.27. The van der Waals surface area contributed by atoms with E-state index < -0.39 is 16.1 Å². The van der Waals surface area contributed by atoms with E-state index in [1.165, 1.54) is 4.31 Å². The Kier molecular flexibility index (Phi) is 4.78. The van der Waals surface area contributed by atoms with Crippen molar-refractivity contribution in [1.82, 2.24) is 9.62 Å². The fourth-order valence-corrected chi connectivity index (χ4v) is 5.37. The van der Waals surface area contributed by atoms with E-state index in [-0.39, 0.29) is 23.4 Å². The summed E-state index contributed by atoms with van der Waals surface area (Å²) in [5.74, 6) is -0.213. The molecule has 24 heavy (non-hydrogen) atoms. The molecule has 0 bridgehead atoms. The normalized spacial score (nSPS) is 22.6. The van der Waals surface area contributed by atoms with Gasteiger partial charge >= 0.3 is 0 Å². The van der Waals surface area contributed by atoms with Gasteiger partial charge in [0.2, 0.25) is 15.9 Å². The molecule has 1 atom stereocenters. The molecule has 0 radical (unpaired) electrons. The third-order valence-corrected chi connectivity index (χ3v) is 7.03. The second kappa shape index (κ2) is 6.69. The smallest absolute Gasteiger partial charge is 0.244 e. The molecule has 2 aliphatic rings. The molecule has 1 aliphatic heterocycles. The van der Waals surface area contributed by atoms with Gasteiger partial charge < -0.3 is 5.32 Å². The van der Waals surface area contributed by atoms with Gasteiger partial charge in [-0.3, -0.25) is 4.79 Å². The Morgan fingerprint density at radius 3 is 2.67 bits per heavy atom. The van der Waals surface area contributed by atoms with Crippen molar-refractivity contribution < 1.29 is 13.2 Å². The van der Waals surface area contributed by atoms with Gasteiger partial charge in [-0.25, -0.2) is 8.42 Å². The maximum Gasteiger partial charge on any atom is 0.244 e. The Morgan fingerprint density at radius 1 is 1.29 bits per heavy atom. The first kappa shape index (κ1) is 17.2. The number of hydrogen-bond donors (Lipinski definition) is 1. The SMILES string of the molecule is C=C1CCN([C@@H](C)C(=O)NC2CCCC2)S(=O)(=O)c2ccccc21. The molecule has 0 spiro atoms. The summed E-state index contributed by atoms with van der Waals surface area (Å²) in [6, 6.07) is 6.34. The Morgan fingerprint density at radius 2 is 1.96 bits per heavy atom. The summed E-state index contributed by atoms with van der Waals surface area (Å²) in [6.07, 6.45) is 4.72. The van der Waals surface area contributed by atoms with Crippen LogP contribution < -0.4 is 5.32 Å². The number of fused-ring (bicyclic) bond motifs is 1. The first-order valence-corrected chi connectivity index (χ1v) is 9.94. The number of carbonyl (C=O) groups excluding carboxylic acids is 1. The second-order valence-electron chi connectivity index (χ2n) is 6.63. The van der Waals surface area contributed by atoms with E-state index in [1.54, 1.807) is 25.1 Å². The van der Waals surface area contributed by atoms with Crippen LogP contribution in [0.1, 0.15) is 44.6 Å². The van der Waals surface area contributed by atoms with Crippen LogP contribution in [0, 0.1) is 0 Å². The van der Waals surface area contributed by atoms with Crippen molar-refractivity contribution in [1.29, 1.82) is 0 Å². The minimum atomic E-state index is -3.72. The van der Waals surface area contributed by atoms with Gasteiger partial charge in [-0.1, -0.05) is 37.6 Å². The highest BCUT2D eigenvalue weighted by molar-refractivity contribution is 7.89. The monoisotopic (exact) mass is 348 g/mol. The van der Waals surface area contributed by atoms with Crippen LogP contribution in [0.5, 0.6) is 0 Å². The van der Waals surface area contributed by atoms with Crippen molar-refractivity contribution in [3.05, 3.63) is 36.4 Å². The Hall–Kier alpha value is -1.66. The zero-order valence-electron chi connectivity index (χ0n) is 14.0. The minimum Gasteiger partial charge on any atom is -0.352 e.